The summed E-state index contributed by atoms with van der Waals surface area (Å²) in [5, 5.41) is 4.00. The van der Waals surface area contributed by atoms with Crippen molar-refractivity contribution in [2.45, 2.75) is 135 Å². The lowest BCUT2D eigenvalue weighted by atomic mass is 9.81. The van der Waals surface area contributed by atoms with Crippen molar-refractivity contribution in [3.05, 3.63) is 83.5 Å². The lowest BCUT2D eigenvalue weighted by Gasteiger charge is -2.29. The molecule has 0 spiro atoms. The van der Waals surface area contributed by atoms with Crippen LogP contribution in [0, 0.1) is 5.82 Å². The number of carbonyl (C=O) groups is 3. The van der Waals surface area contributed by atoms with Gasteiger partial charge in [0.2, 0.25) is 5.91 Å². The lowest BCUT2D eigenvalue weighted by Crippen LogP contribution is -2.39. The van der Waals surface area contributed by atoms with Crippen molar-refractivity contribution in [3.8, 4) is 5.75 Å². The van der Waals surface area contributed by atoms with E-state index in [-0.39, 0.29) is 29.6 Å². The Bertz CT molecular complexity index is 1970. The number of amides is 3. The molecule has 0 radical (unpaired) electrons. The molecule has 0 saturated carbocycles. The maximum Gasteiger partial charge on any atom is 0.257 e. The fraction of sp³-hybridized carbons (Fsp3) is 0.588. The van der Waals surface area contributed by atoms with Crippen LogP contribution in [-0.2, 0) is 19.7 Å². The monoisotopic (exact) mass is 854 g/mol. The normalized spacial score (nSPS) is 17.9. The van der Waals surface area contributed by atoms with Crippen molar-refractivity contribution < 1.29 is 28.2 Å². The Hall–Kier alpha value is -4.48. The van der Waals surface area contributed by atoms with Gasteiger partial charge >= 0.3 is 0 Å². The van der Waals surface area contributed by atoms with Gasteiger partial charge in [-0.2, -0.15) is 0 Å². The third kappa shape index (κ3) is 13.5. The number of aromatic nitrogens is 1. The number of benzene rings is 2. The van der Waals surface area contributed by atoms with E-state index in [1.807, 2.05) is 30.9 Å². The van der Waals surface area contributed by atoms with Gasteiger partial charge < -0.3 is 29.6 Å². The van der Waals surface area contributed by atoms with E-state index < -0.39 is 5.41 Å². The molecule has 4 heterocycles. The van der Waals surface area contributed by atoms with Crippen molar-refractivity contribution >= 4 is 34.2 Å². The number of hydrogen-bond acceptors (Lipinski definition) is 6. The molecule has 2 N–H and O–H groups in total. The molecule has 0 bridgehead atoms. The van der Waals surface area contributed by atoms with E-state index in [0.717, 1.165) is 75.9 Å². The van der Waals surface area contributed by atoms with Crippen LogP contribution in [0.15, 0.2) is 60.8 Å². The van der Waals surface area contributed by atoms with E-state index in [2.05, 4.69) is 34.3 Å². The van der Waals surface area contributed by atoms with Gasteiger partial charge in [-0.05, 0) is 93.0 Å². The zero-order valence-corrected chi connectivity index (χ0v) is 37.8. The lowest BCUT2D eigenvalue weighted by molar-refractivity contribution is -0.130. The van der Waals surface area contributed by atoms with Crippen molar-refractivity contribution in [2.75, 3.05) is 59.1 Å². The van der Waals surface area contributed by atoms with Gasteiger partial charge in [-0.1, -0.05) is 84.3 Å². The van der Waals surface area contributed by atoms with E-state index in [1.54, 1.807) is 29.3 Å². The minimum absolute atomic E-state index is 0.135. The Kier molecular flexibility index (Phi) is 18.1. The molecule has 11 heteroatoms. The molecule has 62 heavy (non-hydrogen) atoms. The second kappa shape index (κ2) is 23.8. The number of H-pyrrole nitrogens is 1. The molecule has 3 aliphatic rings. The molecule has 3 aliphatic heterocycles. The van der Waals surface area contributed by atoms with Gasteiger partial charge in [-0.15, -0.1) is 0 Å². The van der Waals surface area contributed by atoms with Crippen LogP contribution in [0.25, 0.3) is 16.5 Å². The number of carbonyl (C=O) groups excluding carboxylic acids is 3. The molecular weight excluding hydrogens is 782 g/mol. The van der Waals surface area contributed by atoms with Gasteiger partial charge in [0, 0.05) is 79.8 Å². The van der Waals surface area contributed by atoms with Crippen LogP contribution in [0.3, 0.4) is 0 Å². The fourth-order valence-corrected chi connectivity index (χ4v) is 9.18. The van der Waals surface area contributed by atoms with Crippen LogP contribution >= 0.6 is 0 Å². The predicted molar refractivity (Wildman–Crippen MR) is 247 cm³/mol. The molecule has 3 amide bonds. The number of allylic oxidation sites excluding steroid dienone is 2. The maximum atomic E-state index is 14.5. The highest BCUT2D eigenvalue weighted by Crippen LogP contribution is 2.41. The zero-order chi connectivity index (χ0) is 43.7. The number of nitrogens with one attached hydrogen (secondary N) is 2. The highest BCUT2D eigenvalue weighted by atomic mass is 19.1. The number of nitrogens with zero attached hydrogens (tertiary/aromatic N) is 3. The van der Waals surface area contributed by atoms with E-state index in [9.17, 15) is 18.8 Å². The first-order chi connectivity index (χ1) is 30.1. The van der Waals surface area contributed by atoms with Crippen LogP contribution in [-0.4, -0.2) is 103 Å². The van der Waals surface area contributed by atoms with E-state index in [0.29, 0.717) is 67.2 Å². The first kappa shape index (κ1) is 47.0. The average molecular weight is 854 g/mol. The molecule has 0 aliphatic carbocycles. The molecule has 3 aromatic rings. The molecule has 338 valence electrons. The van der Waals surface area contributed by atoms with Gasteiger partial charge in [0.1, 0.15) is 11.6 Å². The molecule has 1 aromatic heterocycles. The summed E-state index contributed by atoms with van der Waals surface area (Å²) in [5.74, 6) is -0.126. The van der Waals surface area contributed by atoms with Crippen molar-refractivity contribution in [2.24, 2.45) is 0 Å². The van der Waals surface area contributed by atoms with Crippen molar-refractivity contribution in [1.82, 2.24) is 25.0 Å². The second-order valence-electron chi connectivity index (χ2n) is 18.2. The number of aromatic amines is 1. The number of rotatable bonds is 23. The molecule has 6 rings (SSSR count). The summed E-state index contributed by atoms with van der Waals surface area (Å²) >= 11 is 0. The van der Waals surface area contributed by atoms with E-state index in [1.165, 1.54) is 69.9 Å². The van der Waals surface area contributed by atoms with Crippen LogP contribution < -0.4 is 10.1 Å². The SMILES string of the molecule is CCCCCCCCC=CCCCCCCCC(=O)N1CC[C@@H](NC(=O)C2=CN(C(=O)c3ccc(OCCCN4CCOCC4)cc3)CC(C)(C)c3c2[nH]c2cc(F)ccc32)C1. The first-order valence-corrected chi connectivity index (χ1v) is 23.7. The summed E-state index contributed by atoms with van der Waals surface area (Å²) in [7, 11) is 0. The van der Waals surface area contributed by atoms with E-state index >= 15 is 0 Å². The zero-order valence-electron chi connectivity index (χ0n) is 37.8. The number of morpholine rings is 1. The predicted octanol–water partition coefficient (Wildman–Crippen LogP) is 9.94. The summed E-state index contributed by atoms with van der Waals surface area (Å²) in [4.78, 5) is 51.0. The second-order valence-corrected chi connectivity index (χ2v) is 18.2. The summed E-state index contributed by atoms with van der Waals surface area (Å²) in [6.07, 6.45) is 24.2. The molecule has 2 aromatic carbocycles. The van der Waals surface area contributed by atoms with E-state index in [4.69, 9.17) is 9.47 Å². The number of fused-ring (bicyclic) bond motifs is 3. The summed E-state index contributed by atoms with van der Waals surface area (Å²) in [6, 6.07) is 11.6. The highest BCUT2D eigenvalue weighted by molar-refractivity contribution is 6.21. The number of hydrogen-bond donors (Lipinski definition) is 2. The van der Waals surface area contributed by atoms with Crippen LogP contribution in [0.4, 0.5) is 4.39 Å². The van der Waals surface area contributed by atoms with Crippen molar-refractivity contribution in [1.29, 1.82) is 0 Å². The van der Waals surface area contributed by atoms with Gasteiger partial charge in [0.25, 0.3) is 11.8 Å². The molecule has 2 saturated heterocycles. The van der Waals surface area contributed by atoms with Gasteiger partial charge in [0.15, 0.2) is 0 Å². The summed E-state index contributed by atoms with van der Waals surface area (Å²) < 4.78 is 25.9. The third-order valence-corrected chi connectivity index (χ3v) is 12.7. The molecule has 2 fully saturated rings. The summed E-state index contributed by atoms with van der Waals surface area (Å²) in [5.41, 5.74) is 2.19. The first-order valence-electron chi connectivity index (χ1n) is 23.7. The summed E-state index contributed by atoms with van der Waals surface area (Å²) in [6.45, 7) is 12.6. The van der Waals surface area contributed by atoms with Crippen LogP contribution in [0.5, 0.6) is 5.75 Å². The Morgan fingerprint density at radius 2 is 1.58 bits per heavy atom. The van der Waals surface area contributed by atoms with Crippen LogP contribution in [0.1, 0.15) is 145 Å². The largest absolute Gasteiger partial charge is 0.494 e. The Morgan fingerprint density at radius 1 is 0.887 bits per heavy atom. The number of ether oxygens (including phenoxy) is 2. The van der Waals surface area contributed by atoms with Gasteiger partial charge in [-0.25, -0.2) is 4.39 Å². The minimum Gasteiger partial charge on any atom is -0.494 e. The van der Waals surface area contributed by atoms with Gasteiger partial charge in [0.05, 0.1) is 31.1 Å². The standard InChI is InChI=1S/C51H72FN5O5/c1-4-5-6-7-8-9-10-11-12-13-14-15-16-17-18-20-46(58)56-29-27-41(36-56)53-49(59)44-37-57(38-51(2,3)47-43-26-23-40(52)35-45(43)54-48(44)47)50(60)39-21-24-42(25-22-39)62-32-19-28-55-30-33-61-34-31-55/h11-12,21-26,35,37,41,54H,4-10,13-20,27-34,36,38H2,1-3H3,(H,53,59)/t41-/m1/s1. The van der Waals surface area contributed by atoms with Crippen molar-refractivity contribution in [3.63, 3.8) is 0 Å². The molecule has 10 nitrogen and oxygen atoms in total. The molecule has 0 unspecified atom stereocenters. The molecular formula is C51H72FN5O5. The third-order valence-electron chi connectivity index (χ3n) is 12.7. The molecule has 1 atom stereocenters. The number of unbranched alkanes of at least 4 members (excludes halogenated alkanes) is 11. The number of likely N-dealkylation sites (tertiary alicyclic amines) is 1. The Morgan fingerprint density at radius 3 is 2.31 bits per heavy atom. The number of halogens is 1. The van der Waals surface area contributed by atoms with Crippen LogP contribution in [0.2, 0.25) is 0 Å². The average Bonchev–Trinajstić information content (AvgIpc) is 3.87. The Balaban J connectivity index is 1.01. The Labute approximate surface area is 369 Å². The fourth-order valence-electron chi connectivity index (χ4n) is 9.18. The maximum absolute atomic E-state index is 14.5. The topological polar surface area (TPSA) is 107 Å². The minimum atomic E-state index is -0.607. The highest BCUT2D eigenvalue weighted by Gasteiger charge is 2.38. The van der Waals surface area contributed by atoms with Gasteiger partial charge in [-0.3, -0.25) is 19.3 Å². The quantitative estimate of drug-likeness (QED) is 0.0727. The smallest absolute Gasteiger partial charge is 0.257 e.